The number of aliphatic imine (C=N–C) groups is 1. The van der Waals surface area contributed by atoms with E-state index >= 15 is 0 Å². The van der Waals surface area contributed by atoms with Crippen molar-refractivity contribution in [3.8, 4) is 5.75 Å². The number of hydrogen-bond acceptors (Lipinski definition) is 6. The van der Waals surface area contributed by atoms with Gasteiger partial charge in [0.15, 0.2) is 17.5 Å². The zero-order chi connectivity index (χ0) is 15.6. The van der Waals surface area contributed by atoms with Crippen molar-refractivity contribution < 1.29 is 28.2 Å². The number of ether oxygens (including phenoxy) is 3. The summed E-state index contributed by atoms with van der Waals surface area (Å²) < 4.78 is 28.1. The van der Waals surface area contributed by atoms with Crippen molar-refractivity contribution in [2.24, 2.45) is 10.9 Å². The smallest absolute Gasteiger partial charge is 0.329 e. The van der Waals surface area contributed by atoms with Gasteiger partial charge in [0.2, 0.25) is 0 Å². The monoisotopic (exact) mass is 295 g/mol. The van der Waals surface area contributed by atoms with Crippen LogP contribution in [0.5, 0.6) is 5.75 Å². The molecule has 0 spiro atoms. The summed E-state index contributed by atoms with van der Waals surface area (Å²) in [4.78, 5) is 27.3. The molecule has 1 aromatic carbocycles. The number of carbonyl (C=O) groups excluding carboxylic acids is 2. The van der Waals surface area contributed by atoms with E-state index in [4.69, 9.17) is 14.2 Å². The zero-order valence-electron chi connectivity index (χ0n) is 11.8. The summed E-state index contributed by atoms with van der Waals surface area (Å²) in [5.41, 5.74) is 0.235. The standard InChI is InChI=1S/C14H14FNO5/c1-14(2)20-12(17)9(13(18)21-14)7-16-8-4-5-11(19-3)10(15)6-8/h4-7,9H,1-3H3. The molecule has 6 nitrogen and oxygen atoms in total. The first-order chi connectivity index (χ1) is 9.82. The quantitative estimate of drug-likeness (QED) is 0.484. The SMILES string of the molecule is COc1ccc(N=CC2C(=O)OC(C)(C)OC2=O)cc1F. The van der Waals surface area contributed by atoms with Gasteiger partial charge in [0, 0.05) is 26.1 Å². The highest BCUT2D eigenvalue weighted by Crippen LogP contribution is 2.25. The molecule has 0 saturated carbocycles. The van der Waals surface area contributed by atoms with Crippen LogP contribution in [0.3, 0.4) is 0 Å². The molecule has 1 aliphatic rings. The third-order valence-electron chi connectivity index (χ3n) is 2.71. The topological polar surface area (TPSA) is 74.2 Å². The highest BCUT2D eigenvalue weighted by molar-refractivity contribution is 6.10. The molecular formula is C14H14FNO5. The summed E-state index contributed by atoms with van der Waals surface area (Å²) in [5, 5.41) is 0. The number of benzene rings is 1. The largest absolute Gasteiger partial charge is 0.494 e. The van der Waals surface area contributed by atoms with E-state index in [-0.39, 0.29) is 11.4 Å². The second kappa shape index (κ2) is 5.51. The van der Waals surface area contributed by atoms with Crippen LogP contribution in [0.2, 0.25) is 0 Å². The minimum absolute atomic E-state index is 0.0761. The van der Waals surface area contributed by atoms with Crippen molar-refractivity contribution in [1.82, 2.24) is 0 Å². The average Bonchev–Trinajstić information content (AvgIpc) is 2.36. The Labute approximate surface area is 120 Å². The molecule has 1 fully saturated rings. The molecule has 0 atom stereocenters. The fourth-order valence-electron chi connectivity index (χ4n) is 1.75. The van der Waals surface area contributed by atoms with Gasteiger partial charge < -0.3 is 14.2 Å². The highest BCUT2D eigenvalue weighted by atomic mass is 19.1. The van der Waals surface area contributed by atoms with Crippen molar-refractivity contribution in [1.29, 1.82) is 0 Å². The summed E-state index contributed by atoms with van der Waals surface area (Å²) >= 11 is 0. The van der Waals surface area contributed by atoms with E-state index in [0.29, 0.717) is 0 Å². The molecule has 1 aliphatic heterocycles. The molecule has 2 rings (SSSR count). The Morgan fingerprint density at radius 2 is 1.90 bits per heavy atom. The lowest BCUT2D eigenvalue weighted by Gasteiger charge is -2.31. The normalized spacial score (nSPS) is 18.5. The molecule has 1 heterocycles. The van der Waals surface area contributed by atoms with Crippen LogP contribution < -0.4 is 4.74 Å². The van der Waals surface area contributed by atoms with Gasteiger partial charge in [-0.2, -0.15) is 0 Å². The lowest BCUT2D eigenvalue weighted by molar-refractivity contribution is -0.235. The molecule has 1 aromatic rings. The Kier molecular flexibility index (Phi) is 3.93. The Bertz CT molecular complexity index is 591. The van der Waals surface area contributed by atoms with Crippen LogP contribution in [0, 0.1) is 11.7 Å². The third-order valence-corrected chi connectivity index (χ3v) is 2.71. The summed E-state index contributed by atoms with van der Waals surface area (Å²) in [7, 11) is 1.34. The summed E-state index contributed by atoms with van der Waals surface area (Å²) in [6.07, 6.45) is 1.07. The number of esters is 2. The molecule has 0 N–H and O–H groups in total. The Balaban J connectivity index is 2.16. The third kappa shape index (κ3) is 3.36. The van der Waals surface area contributed by atoms with Gasteiger partial charge in [0.1, 0.15) is 0 Å². The van der Waals surface area contributed by atoms with Crippen LogP contribution in [0.1, 0.15) is 13.8 Å². The fourth-order valence-corrected chi connectivity index (χ4v) is 1.75. The average molecular weight is 295 g/mol. The zero-order valence-corrected chi connectivity index (χ0v) is 11.8. The number of halogens is 1. The van der Waals surface area contributed by atoms with E-state index in [1.165, 1.54) is 33.1 Å². The lowest BCUT2D eigenvalue weighted by Crippen LogP contribution is -2.46. The Hall–Kier alpha value is -2.44. The Morgan fingerprint density at radius 1 is 1.29 bits per heavy atom. The maximum absolute atomic E-state index is 13.5. The molecule has 0 amide bonds. The van der Waals surface area contributed by atoms with Crippen LogP contribution in [-0.2, 0) is 19.1 Å². The second-order valence-corrected chi connectivity index (χ2v) is 4.82. The molecule has 0 bridgehead atoms. The predicted molar refractivity (Wildman–Crippen MR) is 70.9 cm³/mol. The number of methoxy groups -OCH3 is 1. The van der Waals surface area contributed by atoms with Gasteiger partial charge in [0.05, 0.1) is 12.8 Å². The van der Waals surface area contributed by atoms with Gasteiger partial charge in [-0.05, 0) is 12.1 Å². The summed E-state index contributed by atoms with van der Waals surface area (Å²) in [6.45, 7) is 2.91. The van der Waals surface area contributed by atoms with Gasteiger partial charge in [-0.1, -0.05) is 0 Å². The molecule has 112 valence electrons. The van der Waals surface area contributed by atoms with Crippen LogP contribution in [0.25, 0.3) is 0 Å². The van der Waals surface area contributed by atoms with Crippen LogP contribution in [0.15, 0.2) is 23.2 Å². The molecule has 0 aliphatic carbocycles. The number of rotatable bonds is 3. The number of hydrogen-bond donors (Lipinski definition) is 0. The second-order valence-electron chi connectivity index (χ2n) is 4.82. The minimum atomic E-state index is -1.29. The number of carbonyl (C=O) groups is 2. The molecule has 21 heavy (non-hydrogen) atoms. The van der Waals surface area contributed by atoms with Gasteiger partial charge in [-0.3, -0.25) is 14.6 Å². The van der Waals surface area contributed by atoms with Crippen LogP contribution in [0.4, 0.5) is 10.1 Å². The van der Waals surface area contributed by atoms with Crippen LogP contribution in [-0.4, -0.2) is 31.1 Å². The summed E-state index contributed by atoms with van der Waals surface area (Å²) in [5.74, 6) is -4.58. The van der Waals surface area contributed by atoms with E-state index in [1.807, 2.05) is 0 Å². The van der Waals surface area contributed by atoms with E-state index in [1.54, 1.807) is 0 Å². The molecule has 0 aromatic heterocycles. The fraction of sp³-hybridized carbons (Fsp3) is 0.357. The van der Waals surface area contributed by atoms with Crippen molar-refractivity contribution in [3.63, 3.8) is 0 Å². The Morgan fingerprint density at radius 3 is 2.43 bits per heavy atom. The first-order valence-corrected chi connectivity index (χ1v) is 6.16. The molecule has 0 unspecified atom stereocenters. The number of cyclic esters (lactones) is 2. The van der Waals surface area contributed by atoms with E-state index in [0.717, 1.165) is 12.3 Å². The van der Waals surface area contributed by atoms with Crippen molar-refractivity contribution >= 4 is 23.8 Å². The van der Waals surface area contributed by atoms with E-state index < -0.39 is 29.5 Å². The molecule has 1 saturated heterocycles. The van der Waals surface area contributed by atoms with Crippen molar-refractivity contribution in [2.75, 3.05) is 7.11 Å². The summed E-state index contributed by atoms with van der Waals surface area (Å²) in [6, 6.07) is 4.00. The van der Waals surface area contributed by atoms with Gasteiger partial charge in [-0.15, -0.1) is 0 Å². The first kappa shape index (κ1) is 15.0. The number of nitrogens with zero attached hydrogens (tertiary/aromatic N) is 1. The van der Waals surface area contributed by atoms with E-state index in [9.17, 15) is 14.0 Å². The van der Waals surface area contributed by atoms with Gasteiger partial charge in [0.25, 0.3) is 5.79 Å². The maximum atomic E-state index is 13.5. The lowest BCUT2D eigenvalue weighted by atomic mass is 10.1. The van der Waals surface area contributed by atoms with Crippen molar-refractivity contribution in [3.05, 3.63) is 24.0 Å². The first-order valence-electron chi connectivity index (χ1n) is 6.16. The van der Waals surface area contributed by atoms with E-state index in [2.05, 4.69) is 4.99 Å². The van der Waals surface area contributed by atoms with Crippen molar-refractivity contribution in [2.45, 2.75) is 19.6 Å². The van der Waals surface area contributed by atoms with Crippen LogP contribution >= 0.6 is 0 Å². The molecule has 7 heteroatoms. The molecular weight excluding hydrogens is 281 g/mol. The molecule has 0 radical (unpaired) electrons. The van der Waals surface area contributed by atoms with Gasteiger partial charge >= 0.3 is 11.9 Å². The van der Waals surface area contributed by atoms with Gasteiger partial charge in [-0.25, -0.2) is 4.39 Å². The maximum Gasteiger partial charge on any atom is 0.329 e. The predicted octanol–water partition coefficient (Wildman–Crippen LogP) is 1.99. The minimum Gasteiger partial charge on any atom is -0.494 e. The highest BCUT2D eigenvalue weighted by Gasteiger charge is 2.42.